The Morgan fingerprint density at radius 2 is 0.955 bits per heavy atom. The molecule has 5 rings (SSSR count). The molecular weight excluding hydrogens is 608 g/mol. The van der Waals surface area contributed by atoms with Gasteiger partial charge in [-0.05, 0) is 0 Å². The molecule has 0 spiro atoms. The summed E-state index contributed by atoms with van der Waals surface area (Å²) in [5, 5.41) is 0. The Kier molecular flexibility index (Phi) is 9.65. The molecule has 0 radical (unpaired) electrons. The summed E-state index contributed by atoms with van der Waals surface area (Å²) in [6, 6.07) is 10.7. The first-order valence-electron chi connectivity index (χ1n) is 18.4. The van der Waals surface area contributed by atoms with E-state index >= 15 is 0 Å². The third kappa shape index (κ3) is 5.08. The van der Waals surface area contributed by atoms with Crippen LogP contribution in [0.1, 0.15) is 198 Å². The predicted molar refractivity (Wildman–Crippen MR) is 193 cm³/mol. The number of hydrogen-bond acceptors (Lipinski definition) is 0. The first kappa shape index (κ1) is 34.1. The van der Waals surface area contributed by atoms with E-state index in [2.05, 4.69) is 121 Å². The molecule has 0 fully saturated rings. The van der Waals surface area contributed by atoms with Crippen LogP contribution in [-0.4, -0.2) is 0 Å². The molecule has 2 aromatic rings. The van der Waals surface area contributed by atoms with Crippen LogP contribution in [0.25, 0.3) is 11.1 Å². The van der Waals surface area contributed by atoms with Crippen LogP contribution >= 0.6 is 0 Å². The first-order valence-corrected chi connectivity index (χ1v) is 24.8. The Balaban J connectivity index is 2.00. The van der Waals surface area contributed by atoms with Crippen LogP contribution in [0, 0.1) is 5.41 Å². The molecule has 240 valence electrons. The predicted octanol–water partition coefficient (Wildman–Crippen LogP) is 14.2. The van der Waals surface area contributed by atoms with Gasteiger partial charge in [-0.1, -0.05) is 0 Å². The fraction of sp³-hybridized carbons (Fsp3) is 0.628. The quantitative estimate of drug-likeness (QED) is 0.236. The van der Waals surface area contributed by atoms with Gasteiger partial charge in [0.25, 0.3) is 0 Å². The minimum absolute atomic E-state index is 0.0271. The molecule has 0 N–H and O–H groups in total. The Morgan fingerprint density at radius 1 is 0.591 bits per heavy atom. The molecule has 0 nitrogen and oxygen atoms in total. The molecule has 4 bridgehead atoms. The number of rotatable bonds is 10. The van der Waals surface area contributed by atoms with E-state index in [0.29, 0.717) is 30.9 Å². The van der Waals surface area contributed by atoms with Crippen molar-refractivity contribution < 1.29 is 20.3 Å². The van der Waals surface area contributed by atoms with Gasteiger partial charge in [-0.3, -0.25) is 0 Å². The van der Waals surface area contributed by atoms with Gasteiger partial charge in [0, 0.05) is 0 Å². The monoisotopic (exact) mass is 670 g/mol. The van der Waals surface area contributed by atoms with Crippen LogP contribution in [0.5, 0.6) is 0 Å². The Bertz CT molecular complexity index is 1380. The van der Waals surface area contributed by atoms with Crippen molar-refractivity contribution in [3.8, 4) is 0 Å². The van der Waals surface area contributed by atoms with Crippen LogP contribution in [0.15, 0.2) is 35.4 Å². The van der Waals surface area contributed by atoms with Gasteiger partial charge in [-0.25, -0.2) is 0 Å². The fourth-order valence-electron chi connectivity index (χ4n) is 10.3. The van der Waals surface area contributed by atoms with E-state index in [9.17, 15) is 0 Å². The Labute approximate surface area is 277 Å². The van der Waals surface area contributed by atoms with E-state index in [1.54, 1.807) is 66.8 Å². The topological polar surface area (TPSA) is 0 Å². The number of unbranched alkanes of at least 4 members (excludes halogenated alkanes) is 2. The van der Waals surface area contributed by atoms with E-state index in [4.69, 9.17) is 0 Å². The summed E-state index contributed by atoms with van der Waals surface area (Å²) in [6.45, 7) is 34.8. The molecule has 1 heteroatoms. The SMILES string of the molecule is CCC[CH2][Zr]1([CH2]CCC)[CH]2C(C)=C(c3c(C(C)C)cc(C(C)C)cc32)C(C)(C)C2=C(C)[CH]1c1cc(C(C)C)cc(C(C)C)c12. The van der Waals surface area contributed by atoms with Crippen molar-refractivity contribution in [3.05, 3.63) is 79.9 Å². The molecule has 2 aromatic carbocycles. The summed E-state index contributed by atoms with van der Waals surface area (Å²) >= 11 is -3.15. The molecule has 0 aromatic heterocycles. The summed E-state index contributed by atoms with van der Waals surface area (Å²) < 4.78 is 4.39. The minimum atomic E-state index is -3.15. The summed E-state index contributed by atoms with van der Waals surface area (Å²) in [4.78, 5) is 0. The second-order valence-corrected chi connectivity index (χ2v) is 28.2. The van der Waals surface area contributed by atoms with Crippen molar-refractivity contribution in [2.24, 2.45) is 5.41 Å². The molecule has 1 heterocycles. The number of allylic oxidation sites excluding steroid dienone is 4. The maximum absolute atomic E-state index is 3.15. The van der Waals surface area contributed by atoms with Crippen molar-refractivity contribution in [2.75, 3.05) is 0 Å². The summed E-state index contributed by atoms with van der Waals surface area (Å²) in [5.41, 5.74) is 20.3. The van der Waals surface area contributed by atoms with Crippen molar-refractivity contribution in [1.29, 1.82) is 0 Å². The number of hydrogen-bond donors (Lipinski definition) is 0. The average molecular weight is 672 g/mol. The summed E-state index contributed by atoms with van der Waals surface area (Å²) in [5.74, 6) is 2.16. The Hall–Kier alpha value is -1.20. The van der Waals surface area contributed by atoms with Crippen LogP contribution in [-0.2, 0) is 20.3 Å². The summed E-state index contributed by atoms with van der Waals surface area (Å²) in [7, 11) is 0. The Morgan fingerprint density at radius 3 is 1.25 bits per heavy atom. The molecule has 0 saturated carbocycles. The molecule has 44 heavy (non-hydrogen) atoms. The van der Waals surface area contributed by atoms with E-state index in [0.717, 1.165) is 0 Å². The standard InChI is InChI=1S/C35H46.2C4H9.Zr/c1-19(2)25-15-27-13-23(9)33(31(27)29(17-25)21(5)6)35(11,12)34-24(10)14-28-16-26(20(3)4)18-30(22(7)8)32(28)34;2*1-3-4-2;/h13-22H,1-12H3;2*1,3-4H2,2H3;. The van der Waals surface area contributed by atoms with Crippen molar-refractivity contribution in [3.63, 3.8) is 0 Å². The van der Waals surface area contributed by atoms with Gasteiger partial charge < -0.3 is 0 Å². The molecule has 1 aliphatic heterocycles. The normalized spacial score (nSPS) is 21.6. The third-order valence-corrected chi connectivity index (χ3v) is 27.8. The van der Waals surface area contributed by atoms with Gasteiger partial charge in [-0.2, -0.15) is 0 Å². The zero-order valence-corrected chi connectivity index (χ0v) is 33.5. The average Bonchev–Trinajstić information content (AvgIpc) is 3.44. The van der Waals surface area contributed by atoms with Crippen LogP contribution in [0.2, 0.25) is 8.26 Å². The molecule has 2 atom stereocenters. The maximum atomic E-state index is 2.75. The van der Waals surface area contributed by atoms with Gasteiger partial charge in [0.2, 0.25) is 0 Å². The first-order chi connectivity index (χ1) is 20.6. The van der Waals surface area contributed by atoms with Gasteiger partial charge in [0.05, 0.1) is 0 Å². The van der Waals surface area contributed by atoms with E-state index < -0.39 is 20.3 Å². The van der Waals surface area contributed by atoms with E-state index in [1.807, 2.05) is 0 Å². The van der Waals surface area contributed by atoms with Crippen molar-refractivity contribution >= 4 is 11.1 Å². The number of benzene rings is 2. The molecular formula is C43H64Zr. The van der Waals surface area contributed by atoms with Gasteiger partial charge in [0.15, 0.2) is 0 Å². The molecule has 2 unspecified atom stereocenters. The second-order valence-electron chi connectivity index (χ2n) is 16.8. The van der Waals surface area contributed by atoms with E-state index in [1.165, 1.54) is 33.9 Å². The third-order valence-electron chi connectivity index (χ3n) is 12.2. The molecule has 2 aliphatic carbocycles. The van der Waals surface area contributed by atoms with Crippen LogP contribution < -0.4 is 0 Å². The van der Waals surface area contributed by atoms with Gasteiger partial charge in [0.1, 0.15) is 0 Å². The second kappa shape index (κ2) is 12.4. The zero-order valence-electron chi connectivity index (χ0n) is 31.0. The zero-order chi connectivity index (χ0) is 32.5. The van der Waals surface area contributed by atoms with Crippen LogP contribution in [0.4, 0.5) is 0 Å². The van der Waals surface area contributed by atoms with E-state index in [-0.39, 0.29) is 5.41 Å². The van der Waals surface area contributed by atoms with Gasteiger partial charge in [-0.15, -0.1) is 0 Å². The molecule has 3 aliphatic rings. The van der Waals surface area contributed by atoms with Crippen molar-refractivity contribution in [2.45, 2.75) is 162 Å². The fourth-order valence-corrected chi connectivity index (χ4v) is 28.6. The molecule has 0 amide bonds. The summed E-state index contributed by atoms with van der Waals surface area (Å²) in [6.07, 6.45) is 5.42. The molecule has 0 saturated heterocycles. The van der Waals surface area contributed by atoms with Gasteiger partial charge >= 0.3 is 279 Å². The van der Waals surface area contributed by atoms with Crippen LogP contribution in [0.3, 0.4) is 0 Å². The number of fused-ring (bicyclic) bond motifs is 8. The van der Waals surface area contributed by atoms with Crippen molar-refractivity contribution in [1.82, 2.24) is 0 Å².